The van der Waals surface area contributed by atoms with Crippen LogP contribution in [0.15, 0.2) is 67.0 Å². The van der Waals surface area contributed by atoms with Crippen LogP contribution in [0.4, 0.5) is 4.39 Å². The molecular weight excluding hydrogens is 347 g/mol. The van der Waals surface area contributed by atoms with Crippen LogP contribution in [0.2, 0.25) is 0 Å². The highest BCUT2D eigenvalue weighted by molar-refractivity contribution is 5.98. The summed E-state index contributed by atoms with van der Waals surface area (Å²) in [5.74, 6) is 0.356. The number of nitrogens with zero attached hydrogens (tertiary/aromatic N) is 1. The number of hydrogen-bond acceptors (Lipinski definition) is 4. The molecule has 1 N–H and O–H groups in total. The fourth-order valence-corrected chi connectivity index (χ4v) is 3.03. The molecule has 1 amide bonds. The average molecular weight is 364 g/mol. The zero-order chi connectivity index (χ0) is 18.6. The standard InChI is InChI=1S/C21H17FN2O3/c22-16-6-4-14(5-7-16)19(15-8-10-23-11-9-15)24-21(25)17-2-1-3-18-20(17)27-13-12-26-18/h1-11,19H,12-13H2,(H,24,25)/t19-/m1/s1. The molecule has 1 aliphatic heterocycles. The molecule has 1 aromatic heterocycles. The Labute approximate surface area is 155 Å². The molecule has 0 fully saturated rings. The van der Waals surface area contributed by atoms with Crippen molar-refractivity contribution in [1.29, 1.82) is 0 Å². The molecule has 0 radical (unpaired) electrons. The molecule has 0 unspecified atom stereocenters. The molecule has 136 valence electrons. The maximum atomic E-state index is 13.3. The van der Waals surface area contributed by atoms with E-state index in [0.29, 0.717) is 30.3 Å². The Kier molecular flexibility index (Phi) is 4.70. The minimum Gasteiger partial charge on any atom is -0.486 e. The average Bonchev–Trinajstić information content (AvgIpc) is 2.73. The fourth-order valence-electron chi connectivity index (χ4n) is 3.03. The molecule has 0 saturated heterocycles. The Morgan fingerprint density at radius 1 is 0.963 bits per heavy atom. The van der Waals surface area contributed by atoms with E-state index >= 15 is 0 Å². The van der Waals surface area contributed by atoms with E-state index in [1.54, 1.807) is 42.7 Å². The predicted octanol–water partition coefficient (Wildman–Crippen LogP) is 3.51. The lowest BCUT2D eigenvalue weighted by molar-refractivity contribution is 0.0932. The van der Waals surface area contributed by atoms with Gasteiger partial charge in [0.2, 0.25) is 0 Å². The number of carbonyl (C=O) groups excluding carboxylic acids is 1. The van der Waals surface area contributed by atoms with Crippen molar-refractivity contribution in [3.63, 3.8) is 0 Å². The molecule has 27 heavy (non-hydrogen) atoms. The summed E-state index contributed by atoms with van der Waals surface area (Å²) in [7, 11) is 0. The molecule has 6 heteroatoms. The van der Waals surface area contributed by atoms with Gasteiger partial charge in [-0.15, -0.1) is 0 Å². The summed E-state index contributed by atoms with van der Waals surface area (Å²) >= 11 is 0. The van der Waals surface area contributed by atoms with Crippen LogP contribution in [0.25, 0.3) is 0 Å². The molecule has 2 aromatic carbocycles. The maximum Gasteiger partial charge on any atom is 0.255 e. The van der Waals surface area contributed by atoms with E-state index in [2.05, 4.69) is 10.3 Å². The molecule has 0 spiro atoms. The van der Waals surface area contributed by atoms with Crippen LogP contribution in [0.5, 0.6) is 11.5 Å². The van der Waals surface area contributed by atoms with Crippen molar-refractivity contribution >= 4 is 5.91 Å². The summed E-state index contributed by atoms with van der Waals surface area (Å²) in [6, 6.07) is 14.4. The van der Waals surface area contributed by atoms with Gasteiger partial charge < -0.3 is 14.8 Å². The van der Waals surface area contributed by atoms with Crippen LogP contribution in [-0.4, -0.2) is 24.1 Å². The number of halogens is 1. The molecule has 3 aromatic rings. The zero-order valence-corrected chi connectivity index (χ0v) is 14.4. The highest BCUT2D eigenvalue weighted by Gasteiger charge is 2.23. The zero-order valence-electron chi connectivity index (χ0n) is 14.4. The SMILES string of the molecule is O=C(N[C@@H](c1ccncc1)c1ccc(F)cc1)c1cccc2c1OCCO2. The highest BCUT2D eigenvalue weighted by Crippen LogP contribution is 2.34. The smallest absolute Gasteiger partial charge is 0.255 e. The molecule has 0 aliphatic carbocycles. The molecule has 4 rings (SSSR count). The normalized spacial score (nSPS) is 13.7. The van der Waals surface area contributed by atoms with E-state index in [9.17, 15) is 9.18 Å². The van der Waals surface area contributed by atoms with Crippen molar-refractivity contribution in [2.75, 3.05) is 13.2 Å². The molecule has 1 atom stereocenters. The number of fused-ring (bicyclic) bond motifs is 1. The monoisotopic (exact) mass is 364 g/mol. The number of amides is 1. The van der Waals surface area contributed by atoms with E-state index in [1.807, 2.05) is 12.1 Å². The fraction of sp³-hybridized carbons (Fsp3) is 0.143. The summed E-state index contributed by atoms with van der Waals surface area (Å²) in [6.07, 6.45) is 3.30. The Balaban J connectivity index is 1.68. The van der Waals surface area contributed by atoms with Crippen LogP contribution in [0.1, 0.15) is 27.5 Å². The third-order valence-corrected chi connectivity index (χ3v) is 4.33. The Hall–Kier alpha value is -3.41. The lowest BCUT2D eigenvalue weighted by Gasteiger charge is -2.23. The quantitative estimate of drug-likeness (QED) is 0.770. The maximum absolute atomic E-state index is 13.3. The summed E-state index contributed by atoms with van der Waals surface area (Å²) in [6.45, 7) is 0.844. The van der Waals surface area contributed by atoms with Gasteiger partial charge in [-0.3, -0.25) is 9.78 Å². The Morgan fingerprint density at radius 2 is 1.67 bits per heavy atom. The van der Waals surface area contributed by atoms with E-state index in [1.165, 1.54) is 12.1 Å². The van der Waals surface area contributed by atoms with E-state index in [0.717, 1.165) is 11.1 Å². The van der Waals surface area contributed by atoms with Gasteiger partial charge in [-0.2, -0.15) is 0 Å². The molecule has 0 saturated carbocycles. The van der Waals surface area contributed by atoms with Gasteiger partial charge in [0.25, 0.3) is 5.91 Å². The first-order valence-electron chi connectivity index (χ1n) is 8.57. The first-order valence-corrected chi connectivity index (χ1v) is 8.57. The molecule has 0 bridgehead atoms. The number of rotatable bonds is 4. The van der Waals surface area contributed by atoms with Gasteiger partial charge in [-0.05, 0) is 47.5 Å². The van der Waals surface area contributed by atoms with E-state index < -0.39 is 6.04 Å². The number of pyridine rings is 1. The number of nitrogens with one attached hydrogen (secondary N) is 1. The highest BCUT2D eigenvalue weighted by atomic mass is 19.1. The van der Waals surface area contributed by atoms with Gasteiger partial charge in [0.05, 0.1) is 11.6 Å². The minimum atomic E-state index is -0.457. The number of benzene rings is 2. The summed E-state index contributed by atoms with van der Waals surface area (Å²) in [5.41, 5.74) is 2.00. The van der Waals surface area contributed by atoms with Gasteiger partial charge in [0, 0.05) is 12.4 Å². The van der Waals surface area contributed by atoms with Crippen LogP contribution >= 0.6 is 0 Å². The number of para-hydroxylation sites is 1. The first-order chi connectivity index (χ1) is 13.2. The van der Waals surface area contributed by atoms with Crippen LogP contribution in [0, 0.1) is 5.82 Å². The number of carbonyl (C=O) groups is 1. The lowest BCUT2D eigenvalue weighted by atomic mass is 9.99. The second-order valence-corrected chi connectivity index (χ2v) is 6.07. The van der Waals surface area contributed by atoms with Crippen molar-refractivity contribution in [3.8, 4) is 11.5 Å². The summed E-state index contributed by atoms with van der Waals surface area (Å²) in [5, 5.41) is 3.01. The largest absolute Gasteiger partial charge is 0.486 e. The van der Waals surface area contributed by atoms with Crippen molar-refractivity contribution in [1.82, 2.24) is 10.3 Å². The van der Waals surface area contributed by atoms with Crippen LogP contribution in [-0.2, 0) is 0 Å². The van der Waals surface area contributed by atoms with Gasteiger partial charge in [-0.25, -0.2) is 4.39 Å². The number of ether oxygens (including phenoxy) is 2. The molecule has 1 aliphatic rings. The Bertz CT molecular complexity index is 945. The van der Waals surface area contributed by atoms with Crippen molar-refractivity contribution in [2.24, 2.45) is 0 Å². The van der Waals surface area contributed by atoms with Crippen molar-refractivity contribution in [2.45, 2.75) is 6.04 Å². The lowest BCUT2D eigenvalue weighted by Crippen LogP contribution is -2.30. The second kappa shape index (κ2) is 7.45. The summed E-state index contributed by atoms with van der Waals surface area (Å²) in [4.78, 5) is 17.0. The summed E-state index contributed by atoms with van der Waals surface area (Å²) < 4.78 is 24.5. The molecule has 5 nitrogen and oxygen atoms in total. The third-order valence-electron chi connectivity index (χ3n) is 4.33. The van der Waals surface area contributed by atoms with E-state index in [4.69, 9.17) is 9.47 Å². The van der Waals surface area contributed by atoms with Crippen LogP contribution < -0.4 is 14.8 Å². The predicted molar refractivity (Wildman–Crippen MR) is 97.4 cm³/mol. The minimum absolute atomic E-state index is 0.302. The van der Waals surface area contributed by atoms with Gasteiger partial charge in [-0.1, -0.05) is 18.2 Å². The third kappa shape index (κ3) is 3.60. The van der Waals surface area contributed by atoms with Gasteiger partial charge >= 0.3 is 0 Å². The van der Waals surface area contributed by atoms with Gasteiger partial charge in [0.1, 0.15) is 19.0 Å². The number of hydrogen-bond donors (Lipinski definition) is 1. The van der Waals surface area contributed by atoms with Crippen molar-refractivity contribution in [3.05, 3.63) is 89.5 Å². The number of aromatic nitrogens is 1. The first kappa shape index (κ1) is 17.0. The van der Waals surface area contributed by atoms with Crippen molar-refractivity contribution < 1.29 is 18.7 Å². The topological polar surface area (TPSA) is 60.5 Å². The van der Waals surface area contributed by atoms with Gasteiger partial charge in [0.15, 0.2) is 11.5 Å². The molecule has 2 heterocycles. The molecular formula is C21H17FN2O3. The second-order valence-electron chi connectivity index (χ2n) is 6.07. The Morgan fingerprint density at radius 3 is 2.44 bits per heavy atom. The van der Waals surface area contributed by atoms with Crippen LogP contribution in [0.3, 0.4) is 0 Å². The van der Waals surface area contributed by atoms with E-state index in [-0.39, 0.29) is 11.7 Å².